The molecule has 18 heavy (non-hydrogen) atoms. The van der Waals surface area contributed by atoms with Crippen molar-refractivity contribution in [1.29, 1.82) is 0 Å². The zero-order valence-electron chi connectivity index (χ0n) is 11.0. The van der Waals surface area contributed by atoms with Crippen LogP contribution in [0.3, 0.4) is 0 Å². The van der Waals surface area contributed by atoms with E-state index >= 15 is 0 Å². The molecule has 0 fully saturated rings. The van der Waals surface area contributed by atoms with Crippen molar-refractivity contribution in [2.45, 2.75) is 27.4 Å². The average molecular weight is 243 g/mol. The van der Waals surface area contributed by atoms with Crippen molar-refractivity contribution in [3.63, 3.8) is 0 Å². The maximum absolute atomic E-state index is 5.42. The summed E-state index contributed by atoms with van der Waals surface area (Å²) in [7, 11) is 0. The predicted molar refractivity (Wildman–Crippen MR) is 75.3 cm³/mol. The Morgan fingerprint density at radius 2 is 1.72 bits per heavy atom. The molecule has 94 valence electrons. The van der Waals surface area contributed by atoms with E-state index in [1.54, 1.807) is 12.4 Å². The van der Waals surface area contributed by atoms with E-state index in [2.05, 4.69) is 27.1 Å². The van der Waals surface area contributed by atoms with Crippen molar-refractivity contribution in [3.8, 4) is 0 Å². The SMILES string of the molecule is CCOCc1cc(C)c(N=C2N=CC=N2)c(C)c1. The number of hydrogen-bond donors (Lipinski definition) is 0. The molecule has 2 rings (SSSR count). The van der Waals surface area contributed by atoms with Crippen LogP contribution in [0.15, 0.2) is 27.1 Å². The summed E-state index contributed by atoms with van der Waals surface area (Å²) in [5.41, 5.74) is 4.36. The summed E-state index contributed by atoms with van der Waals surface area (Å²) < 4.78 is 5.42. The predicted octanol–water partition coefficient (Wildman–Crippen LogP) is 2.98. The molecule has 1 aliphatic rings. The van der Waals surface area contributed by atoms with Gasteiger partial charge in [0, 0.05) is 19.0 Å². The Hall–Kier alpha value is -1.81. The first kappa shape index (κ1) is 12.6. The van der Waals surface area contributed by atoms with E-state index in [4.69, 9.17) is 4.74 Å². The van der Waals surface area contributed by atoms with Crippen LogP contribution in [0.5, 0.6) is 0 Å². The summed E-state index contributed by atoms with van der Waals surface area (Å²) in [5.74, 6) is 0.513. The molecule has 1 aromatic carbocycles. The highest BCUT2D eigenvalue weighted by atomic mass is 16.5. The monoisotopic (exact) mass is 243 g/mol. The van der Waals surface area contributed by atoms with Gasteiger partial charge < -0.3 is 4.74 Å². The van der Waals surface area contributed by atoms with Crippen LogP contribution in [0.4, 0.5) is 5.69 Å². The summed E-state index contributed by atoms with van der Waals surface area (Å²) in [6, 6.07) is 4.20. The van der Waals surface area contributed by atoms with Gasteiger partial charge in [0.15, 0.2) is 0 Å². The van der Waals surface area contributed by atoms with Crippen LogP contribution in [0, 0.1) is 13.8 Å². The lowest BCUT2D eigenvalue weighted by Crippen LogP contribution is -1.95. The molecule has 0 bridgehead atoms. The normalized spacial score (nSPS) is 13.4. The second-order valence-corrected chi connectivity index (χ2v) is 4.18. The fraction of sp³-hybridized carbons (Fsp3) is 0.357. The molecule has 4 heteroatoms. The van der Waals surface area contributed by atoms with Gasteiger partial charge >= 0.3 is 0 Å². The minimum absolute atomic E-state index is 0.513. The van der Waals surface area contributed by atoms with Gasteiger partial charge in [-0.2, -0.15) is 0 Å². The molecule has 0 aliphatic carbocycles. The van der Waals surface area contributed by atoms with Crippen LogP contribution in [-0.4, -0.2) is 25.0 Å². The standard InChI is InChI=1S/C14H17N3O/c1-4-18-9-12-7-10(2)13(11(3)8-12)17-14-15-5-6-16-14/h5-8H,4,9H2,1-3H3. The smallest absolute Gasteiger partial charge is 0.249 e. The lowest BCUT2D eigenvalue weighted by molar-refractivity contribution is 0.134. The van der Waals surface area contributed by atoms with Crippen LogP contribution in [0.2, 0.25) is 0 Å². The zero-order chi connectivity index (χ0) is 13.0. The van der Waals surface area contributed by atoms with E-state index in [1.807, 2.05) is 20.8 Å². The maximum atomic E-state index is 5.42. The highest BCUT2D eigenvalue weighted by Gasteiger charge is 2.06. The van der Waals surface area contributed by atoms with E-state index in [1.165, 1.54) is 5.56 Å². The van der Waals surface area contributed by atoms with Crippen molar-refractivity contribution >= 4 is 24.1 Å². The highest BCUT2D eigenvalue weighted by molar-refractivity contribution is 6.26. The Kier molecular flexibility index (Phi) is 3.99. The molecule has 0 N–H and O–H groups in total. The van der Waals surface area contributed by atoms with E-state index in [9.17, 15) is 0 Å². The molecule has 1 aliphatic heterocycles. The largest absolute Gasteiger partial charge is 0.377 e. The second kappa shape index (κ2) is 5.69. The molecule has 0 atom stereocenters. The quantitative estimate of drug-likeness (QED) is 0.801. The fourth-order valence-corrected chi connectivity index (χ4v) is 1.92. The summed E-state index contributed by atoms with van der Waals surface area (Å²) in [6.45, 7) is 7.46. The van der Waals surface area contributed by atoms with Crippen LogP contribution in [0.1, 0.15) is 23.6 Å². The number of aryl methyl sites for hydroxylation is 2. The van der Waals surface area contributed by atoms with Gasteiger partial charge in [-0.3, -0.25) is 0 Å². The van der Waals surface area contributed by atoms with Crippen LogP contribution >= 0.6 is 0 Å². The molecule has 4 nitrogen and oxygen atoms in total. The van der Waals surface area contributed by atoms with Gasteiger partial charge in [-0.25, -0.2) is 15.0 Å². The van der Waals surface area contributed by atoms with Gasteiger partial charge in [-0.05, 0) is 37.5 Å². The lowest BCUT2D eigenvalue weighted by atomic mass is 10.1. The molecule has 0 unspecified atom stereocenters. The van der Waals surface area contributed by atoms with E-state index in [0.29, 0.717) is 12.6 Å². The van der Waals surface area contributed by atoms with Gasteiger partial charge in [0.2, 0.25) is 5.96 Å². The summed E-state index contributed by atoms with van der Waals surface area (Å²) in [5, 5.41) is 0. The molecule has 0 amide bonds. The molecule has 0 saturated heterocycles. The minimum atomic E-state index is 0.513. The number of hydrogen-bond acceptors (Lipinski definition) is 2. The third-order valence-corrected chi connectivity index (χ3v) is 2.68. The Labute approximate surface area is 107 Å². The molecule has 0 aromatic heterocycles. The molecular weight excluding hydrogens is 226 g/mol. The number of guanidine groups is 1. The van der Waals surface area contributed by atoms with Crippen molar-refractivity contribution < 1.29 is 4.74 Å². The molecule has 0 radical (unpaired) electrons. The first-order valence-corrected chi connectivity index (χ1v) is 6.04. The van der Waals surface area contributed by atoms with Crippen molar-refractivity contribution in [1.82, 2.24) is 0 Å². The molecule has 1 aromatic rings. The lowest BCUT2D eigenvalue weighted by Gasteiger charge is -2.09. The summed E-state index contributed by atoms with van der Waals surface area (Å²) in [6.07, 6.45) is 3.29. The third kappa shape index (κ3) is 2.90. The maximum Gasteiger partial charge on any atom is 0.249 e. The Balaban J connectivity index is 2.29. The third-order valence-electron chi connectivity index (χ3n) is 2.68. The van der Waals surface area contributed by atoms with E-state index < -0.39 is 0 Å². The van der Waals surface area contributed by atoms with Gasteiger partial charge in [0.1, 0.15) is 0 Å². The molecule has 0 saturated carbocycles. The minimum Gasteiger partial charge on any atom is -0.377 e. The number of ether oxygens (including phenoxy) is 1. The topological polar surface area (TPSA) is 46.3 Å². The highest BCUT2D eigenvalue weighted by Crippen LogP contribution is 2.26. The molecule has 0 spiro atoms. The van der Waals surface area contributed by atoms with Crippen LogP contribution in [0.25, 0.3) is 0 Å². The second-order valence-electron chi connectivity index (χ2n) is 4.18. The fourth-order valence-electron chi connectivity index (χ4n) is 1.92. The number of nitrogens with zero attached hydrogens (tertiary/aromatic N) is 3. The average Bonchev–Trinajstić information content (AvgIpc) is 2.84. The summed E-state index contributed by atoms with van der Waals surface area (Å²) >= 11 is 0. The van der Waals surface area contributed by atoms with Gasteiger partial charge in [0.05, 0.1) is 12.3 Å². The van der Waals surface area contributed by atoms with Crippen LogP contribution in [-0.2, 0) is 11.3 Å². The Bertz CT molecular complexity index is 493. The number of rotatable bonds is 4. The Morgan fingerprint density at radius 1 is 1.11 bits per heavy atom. The van der Waals surface area contributed by atoms with Gasteiger partial charge in [-0.15, -0.1) is 0 Å². The van der Waals surface area contributed by atoms with Crippen molar-refractivity contribution in [3.05, 3.63) is 28.8 Å². The van der Waals surface area contributed by atoms with Crippen LogP contribution < -0.4 is 0 Å². The van der Waals surface area contributed by atoms with Gasteiger partial charge in [0.25, 0.3) is 0 Å². The molecular formula is C14H17N3O. The first-order chi connectivity index (χ1) is 8.70. The number of aliphatic imine (C=N–C) groups is 3. The molecule has 1 heterocycles. The first-order valence-electron chi connectivity index (χ1n) is 6.04. The van der Waals surface area contributed by atoms with Crippen molar-refractivity contribution in [2.24, 2.45) is 15.0 Å². The van der Waals surface area contributed by atoms with E-state index in [0.717, 1.165) is 23.4 Å². The summed E-state index contributed by atoms with van der Waals surface area (Å²) in [4.78, 5) is 12.6. The van der Waals surface area contributed by atoms with E-state index in [-0.39, 0.29) is 0 Å². The Morgan fingerprint density at radius 3 is 2.28 bits per heavy atom. The van der Waals surface area contributed by atoms with Gasteiger partial charge in [-0.1, -0.05) is 12.1 Å². The van der Waals surface area contributed by atoms with Crippen molar-refractivity contribution in [2.75, 3.05) is 6.61 Å². The zero-order valence-corrected chi connectivity index (χ0v) is 11.0. The number of benzene rings is 1.